The van der Waals surface area contributed by atoms with Crippen molar-refractivity contribution >= 4 is 17.2 Å². The van der Waals surface area contributed by atoms with Gasteiger partial charge in [-0.15, -0.1) is 11.3 Å². The van der Waals surface area contributed by atoms with E-state index in [0.29, 0.717) is 31.9 Å². The Bertz CT molecular complexity index is 1010. The van der Waals surface area contributed by atoms with E-state index in [0.717, 1.165) is 46.2 Å². The number of ether oxygens (including phenoxy) is 2. The van der Waals surface area contributed by atoms with Crippen LogP contribution in [-0.2, 0) is 22.4 Å². The maximum Gasteiger partial charge on any atom is 0.253 e. The molecule has 1 amide bonds. The smallest absolute Gasteiger partial charge is 0.253 e. The number of nitrogens with one attached hydrogen (secondary N) is 1. The molecule has 8 heteroatoms. The first-order chi connectivity index (χ1) is 15.1. The number of methoxy groups -OCH3 is 2. The van der Waals surface area contributed by atoms with Crippen LogP contribution in [-0.4, -0.2) is 54.4 Å². The van der Waals surface area contributed by atoms with Gasteiger partial charge < -0.3 is 19.4 Å². The van der Waals surface area contributed by atoms with Crippen molar-refractivity contribution in [1.29, 1.82) is 0 Å². The van der Waals surface area contributed by atoms with Crippen LogP contribution in [0.4, 0.5) is 0 Å². The second kappa shape index (κ2) is 11.2. The van der Waals surface area contributed by atoms with Crippen molar-refractivity contribution in [1.82, 2.24) is 19.9 Å². The first-order valence-corrected chi connectivity index (χ1v) is 11.3. The maximum absolute atomic E-state index is 12.8. The lowest BCUT2D eigenvalue weighted by Crippen LogP contribution is -2.25. The molecule has 0 aliphatic rings. The third kappa shape index (κ3) is 5.58. The van der Waals surface area contributed by atoms with E-state index in [2.05, 4.69) is 27.9 Å². The van der Waals surface area contributed by atoms with Gasteiger partial charge in [0.1, 0.15) is 5.01 Å². The van der Waals surface area contributed by atoms with Gasteiger partial charge in [0.15, 0.2) is 0 Å². The van der Waals surface area contributed by atoms with Crippen LogP contribution in [0, 0.1) is 6.92 Å². The summed E-state index contributed by atoms with van der Waals surface area (Å²) in [5, 5.41) is 5.96. The van der Waals surface area contributed by atoms with Gasteiger partial charge >= 0.3 is 0 Å². The molecule has 0 aromatic carbocycles. The van der Waals surface area contributed by atoms with Gasteiger partial charge in [0, 0.05) is 62.4 Å². The number of rotatable bonds is 11. The molecular formula is C23H30N4O3S. The van der Waals surface area contributed by atoms with Crippen molar-refractivity contribution < 1.29 is 14.3 Å². The van der Waals surface area contributed by atoms with E-state index in [1.807, 2.05) is 30.6 Å². The Balaban J connectivity index is 1.90. The van der Waals surface area contributed by atoms with E-state index in [4.69, 9.17) is 14.5 Å². The number of thiazole rings is 1. The number of aromatic nitrogens is 3. The van der Waals surface area contributed by atoms with E-state index in [-0.39, 0.29) is 5.91 Å². The summed E-state index contributed by atoms with van der Waals surface area (Å²) in [5.41, 5.74) is 5.45. The molecule has 3 aromatic rings. The molecule has 0 atom stereocenters. The second-order valence-electron chi connectivity index (χ2n) is 7.20. The Morgan fingerprint density at radius 2 is 2.03 bits per heavy atom. The van der Waals surface area contributed by atoms with Gasteiger partial charge in [0.2, 0.25) is 0 Å². The molecular weight excluding hydrogens is 412 g/mol. The molecule has 0 aliphatic heterocycles. The molecule has 1 N–H and O–H groups in total. The average Bonchev–Trinajstić information content (AvgIpc) is 3.40. The molecule has 0 unspecified atom stereocenters. The van der Waals surface area contributed by atoms with Gasteiger partial charge in [-0.3, -0.25) is 9.78 Å². The normalized spacial score (nSPS) is 11.1. The minimum Gasteiger partial charge on any atom is -0.385 e. The fourth-order valence-corrected chi connectivity index (χ4v) is 4.21. The minimum absolute atomic E-state index is 0.0804. The fourth-order valence-electron chi connectivity index (χ4n) is 3.40. The minimum atomic E-state index is -0.0804. The monoisotopic (exact) mass is 442 g/mol. The van der Waals surface area contributed by atoms with E-state index < -0.39 is 0 Å². The molecule has 31 heavy (non-hydrogen) atoms. The molecule has 0 saturated heterocycles. The maximum atomic E-state index is 12.8. The molecule has 0 saturated carbocycles. The summed E-state index contributed by atoms with van der Waals surface area (Å²) in [6.45, 7) is 6.46. The van der Waals surface area contributed by atoms with Gasteiger partial charge in [-0.1, -0.05) is 6.92 Å². The first kappa shape index (κ1) is 23.1. The standard InChI is InChI=1S/C23H30N4O3S/c1-5-18-13-17(7-9-24-18)23-26-20(15-31-23)21-14-19(16(2)27(21)10-12-30-4)22(28)25-8-6-11-29-3/h7,9,13-15H,5-6,8,10-12H2,1-4H3,(H,25,28). The van der Waals surface area contributed by atoms with Crippen molar-refractivity contribution in [2.45, 2.75) is 33.2 Å². The zero-order chi connectivity index (χ0) is 22.2. The van der Waals surface area contributed by atoms with Crippen molar-refractivity contribution in [3.05, 3.63) is 46.7 Å². The zero-order valence-electron chi connectivity index (χ0n) is 18.6. The highest BCUT2D eigenvalue weighted by Crippen LogP contribution is 2.31. The van der Waals surface area contributed by atoms with Gasteiger partial charge in [-0.05, 0) is 38.0 Å². The average molecular weight is 443 g/mol. The van der Waals surface area contributed by atoms with Crippen LogP contribution in [0.2, 0.25) is 0 Å². The van der Waals surface area contributed by atoms with Gasteiger partial charge in [-0.2, -0.15) is 0 Å². The predicted octanol–water partition coefficient (Wildman–Crippen LogP) is 3.96. The molecule has 0 bridgehead atoms. The molecule has 3 heterocycles. The third-order valence-corrected chi connectivity index (χ3v) is 6.02. The highest BCUT2D eigenvalue weighted by molar-refractivity contribution is 7.13. The summed E-state index contributed by atoms with van der Waals surface area (Å²) in [5.74, 6) is -0.0804. The van der Waals surface area contributed by atoms with Crippen LogP contribution in [0.15, 0.2) is 29.8 Å². The molecule has 0 spiro atoms. The Morgan fingerprint density at radius 1 is 1.23 bits per heavy atom. The number of carbonyl (C=O) groups excluding carboxylic acids is 1. The van der Waals surface area contributed by atoms with Crippen LogP contribution in [0.5, 0.6) is 0 Å². The largest absolute Gasteiger partial charge is 0.385 e. The Hall–Kier alpha value is -2.55. The lowest BCUT2D eigenvalue weighted by Gasteiger charge is -2.10. The summed E-state index contributed by atoms with van der Waals surface area (Å²) in [4.78, 5) is 22.0. The van der Waals surface area contributed by atoms with Gasteiger partial charge in [0.25, 0.3) is 5.91 Å². The Labute approximate surface area is 187 Å². The van der Waals surface area contributed by atoms with Crippen molar-refractivity contribution in [3.8, 4) is 22.0 Å². The van der Waals surface area contributed by atoms with Gasteiger partial charge in [0.05, 0.1) is 23.6 Å². The van der Waals surface area contributed by atoms with E-state index in [9.17, 15) is 4.79 Å². The number of pyridine rings is 1. The molecule has 0 aliphatic carbocycles. The molecule has 0 fully saturated rings. The van der Waals surface area contributed by atoms with Crippen molar-refractivity contribution in [2.75, 3.05) is 34.0 Å². The summed E-state index contributed by atoms with van der Waals surface area (Å²) in [7, 11) is 3.34. The lowest BCUT2D eigenvalue weighted by atomic mass is 10.2. The van der Waals surface area contributed by atoms with Crippen LogP contribution >= 0.6 is 11.3 Å². The van der Waals surface area contributed by atoms with Crippen LogP contribution in [0.25, 0.3) is 22.0 Å². The number of carbonyl (C=O) groups is 1. The highest BCUT2D eigenvalue weighted by Gasteiger charge is 2.20. The summed E-state index contributed by atoms with van der Waals surface area (Å²) < 4.78 is 12.5. The lowest BCUT2D eigenvalue weighted by molar-refractivity contribution is 0.0947. The number of aryl methyl sites for hydroxylation is 1. The number of amides is 1. The number of hydrogen-bond donors (Lipinski definition) is 1. The quantitative estimate of drug-likeness (QED) is 0.455. The van der Waals surface area contributed by atoms with E-state index in [1.165, 1.54) is 0 Å². The Kier molecular flexibility index (Phi) is 8.34. The zero-order valence-corrected chi connectivity index (χ0v) is 19.4. The summed E-state index contributed by atoms with van der Waals surface area (Å²) >= 11 is 1.59. The molecule has 3 aromatic heterocycles. The highest BCUT2D eigenvalue weighted by atomic mass is 32.1. The fraction of sp³-hybridized carbons (Fsp3) is 0.435. The molecule has 3 rings (SSSR count). The molecule has 166 valence electrons. The van der Waals surface area contributed by atoms with Crippen LogP contribution in [0.1, 0.15) is 35.1 Å². The van der Waals surface area contributed by atoms with E-state index >= 15 is 0 Å². The summed E-state index contributed by atoms with van der Waals surface area (Å²) in [6, 6.07) is 5.99. The Morgan fingerprint density at radius 3 is 2.77 bits per heavy atom. The predicted molar refractivity (Wildman–Crippen MR) is 124 cm³/mol. The molecule has 7 nitrogen and oxygen atoms in total. The van der Waals surface area contributed by atoms with Crippen molar-refractivity contribution in [2.24, 2.45) is 0 Å². The SMILES string of the molecule is CCc1cc(-c2nc(-c3cc(C(=O)NCCCOC)c(C)n3CCOC)cs2)ccn1. The van der Waals surface area contributed by atoms with Crippen molar-refractivity contribution in [3.63, 3.8) is 0 Å². The van der Waals surface area contributed by atoms with Crippen LogP contribution < -0.4 is 5.32 Å². The number of nitrogens with zero attached hydrogens (tertiary/aromatic N) is 3. The van der Waals surface area contributed by atoms with Crippen LogP contribution in [0.3, 0.4) is 0 Å². The van der Waals surface area contributed by atoms with E-state index in [1.54, 1.807) is 25.6 Å². The van der Waals surface area contributed by atoms with Gasteiger partial charge in [-0.25, -0.2) is 4.98 Å². The second-order valence-corrected chi connectivity index (χ2v) is 8.06. The first-order valence-electron chi connectivity index (χ1n) is 10.5. The summed E-state index contributed by atoms with van der Waals surface area (Å²) in [6.07, 6.45) is 3.49. The number of hydrogen-bond acceptors (Lipinski definition) is 6. The molecule has 0 radical (unpaired) electrons. The third-order valence-electron chi connectivity index (χ3n) is 5.13. The topological polar surface area (TPSA) is 78.3 Å².